The van der Waals surface area contributed by atoms with Crippen LogP contribution in [-0.2, 0) is 0 Å². The maximum Gasteiger partial charge on any atom is 0.175 e. The van der Waals surface area contributed by atoms with E-state index in [1.54, 1.807) is 18.2 Å². The molecule has 0 saturated carbocycles. The van der Waals surface area contributed by atoms with Crippen LogP contribution in [0.3, 0.4) is 0 Å². The van der Waals surface area contributed by atoms with Crippen molar-refractivity contribution in [3.8, 4) is 0 Å². The lowest BCUT2D eigenvalue weighted by Gasteiger charge is -2.13. The lowest BCUT2D eigenvalue weighted by atomic mass is 10.3. The number of anilines is 2. The quantitative estimate of drug-likeness (QED) is 0.643. The molecule has 2 aromatic carbocycles. The maximum absolute atomic E-state index is 13.8. The van der Waals surface area contributed by atoms with Gasteiger partial charge in [-0.1, -0.05) is 22.0 Å². The predicted molar refractivity (Wildman–Crippen MR) is 88.0 cm³/mol. The van der Waals surface area contributed by atoms with Crippen molar-refractivity contribution in [2.45, 2.75) is 0 Å². The first-order chi connectivity index (χ1) is 9.45. The Morgan fingerprint density at radius 2 is 1.80 bits per heavy atom. The van der Waals surface area contributed by atoms with Crippen molar-refractivity contribution in [3.63, 3.8) is 0 Å². The van der Waals surface area contributed by atoms with Crippen LogP contribution in [0.5, 0.6) is 0 Å². The summed E-state index contributed by atoms with van der Waals surface area (Å²) in [6, 6.07) is 8.84. The second-order valence-corrected chi connectivity index (χ2v) is 6.01. The van der Waals surface area contributed by atoms with Gasteiger partial charge in [-0.3, -0.25) is 0 Å². The van der Waals surface area contributed by atoms with Crippen LogP contribution in [0.2, 0.25) is 0 Å². The molecular weight excluding hydrogens is 414 g/mol. The van der Waals surface area contributed by atoms with Gasteiger partial charge in [-0.25, -0.2) is 8.78 Å². The fourth-order valence-electron chi connectivity index (χ4n) is 1.50. The molecule has 0 saturated heterocycles. The lowest BCUT2D eigenvalue weighted by Crippen LogP contribution is -2.20. The molecule has 2 N–H and O–H groups in total. The fourth-order valence-corrected chi connectivity index (χ4v) is 3.00. The molecule has 104 valence electrons. The fraction of sp³-hybridized carbons (Fsp3) is 0. The minimum atomic E-state index is -0.463. The molecule has 0 aromatic heterocycles. The zero-order valence-corrected chi connectivity index (χ0v) is 13.9. The summed E-state index contributed by atoms with van der Waals surface area (Å²) in [6.45, 7) is 0. The van der Waals surface area contributed by atoms with Crippen molar-refractivity contribution in [1.82, 2.24) is 0 Å². The SMILES string of the molecule is Fc1cccc(NC(=S)Nc2c(F)cc(Br)cc2Br)c1. The van der Waals surface area contributed by atoms with Crippen molar-refractivity contribution < 1.29 is 8.78 Å². The molecule has 0 radical (unpaired) electrons. The largest absolute Gasteiger partial charge is 0.332 e. The second-order valence-electron chi connectivity index (χ2n) is 3.83. The van der Waals surface area contributed by atoms with E-state index in [4.69, 9.17) is 12.2 Å². The van der Waals surface area contributed by atoms with E-state index < -0.39 is 5.82 Å². The van der Waals surface area contributed by atoms with Gasteiger partial charge in [0.1, 0.15) is 11.6 Å². The number of rotatable bonds is 2. The van der Waals surface area contributed by atoms with Gasteiger partial charge in [0.25, 0.3) is 0 Å². The highest BCUT2D eigenvalue weighted by Gasteiger charge is 2.10. The molecule has 7 heteroatoms. The summed E-state index contributed by atoms with van der Waals surface area (Å²) >= 11 is 11.5. The van der Waals surface area contributed by atoms with E-state index in [2.05, 4.69) is 42.5 Å². The third kappa shape index (κ3) is 3.97. The second kappa shape index (κ2) is 6.60. The van der Waals surface area contributed by atoms with Crippen molar-refractivity contribution in [3.05, 3.63) is 57.0 Å². The Kier molecular flexibility index (Phi) is 5.06. The van der Waals surface area contributed by atoms with Gasteiger partial charge in [0, 0.05) is 14.6 Å². The van der Waals surface area contributed by atoms with Gasteiger partial charge in [-0.15, -0.1) is 0 Å². The molecule has 0 heterocycles. The maximum atomic E-state index is 13.8. The standard InChI is InChI=1S/C13H8Br2F2N2S/c14-7-4-10(15)12(11(17)5-7)19-13(20)18-9-3-1-2-8(16)6-9/h1-6H,(H2,18,19,20). The Morgan fingerprint density at radius 1 is 1.05 bits per heavy atom. The van der Waals surface area contributed by atoms with Crippen LogP contribution in [0.25, 0.3) is 0 Å². The van der Waals surface area contributed by atoms with Crippen molar-refractivity contribution >= 4 is 60.6 Å². The number of thiocarbonyl (C=S) groups is 1. The number of hydrogen-bond donors (Lipinski definition) is 2. The van der Waals surface area contributed by atoms with E-state index >= 15 is 0 Å². The monoisotopic (exact) mass is 420 g/mol. The minimum absolute atomic E-state index is 0.164. The molecule has 0 fully saturated rings. The molecule has 2 nitrogen and oxygen atoms in total. The molecule has 0 unspecified atom stereocenters. The summed E-state index contributed by atoms with van der Waals surface area (Å²) in [7, 11) is 0. The van der Waals surface area contributed by atoms with Crippen LogP contribution < -0.4 is 10.6 Å². The van der Waals surface area contributed by atoms with Crippen LogP contribution in [0, 0.1) is 11.6 Å². The summed E-state index contributed by atoms with van der Waals surface area (Å²) in [5.41, 5.74) is 0.693. The van der Waals surface area contributed by atoms with Gasteiger partial charge in [0.2, 0.25) is 0 Å². The Bertz CT molecular complexity index is 642. The van der Waals surface area contributed by atoms with Crippen LogP contribution in [0.15, 0.2) is 45.3 Å². The molecule has 2 aromatic rings. The number of hydrogen-bond acceptors (Lipinski definition) is 1. The highest BCUT2D eigenvalue weighted by molar-refractivity contribution is 9.11. The molecule has 0 aliphatic rings. The normalized spacial score (nSPS) is 10.2. The van der Waals surface area contributed by atoms with Crippen LogP contribution >= 0.6 is 44.1 Å². The van der Waals surface area contributed by atoms with Gasteiger partial charge >= 0.3 is 0 Å². The average Bonchev–Trinajstić information content (AvgIpc) is 2.33. The summed E-state index contributed by atoms with van der Waals surface area (Å²) in [5.74, 6) is -0.844. The molecule has 0 bridgehead atoms. The Hall–Kier alpha value is -1.05. The number of halogens is 4. The van der Waals surface area contributed by atoms with Gasteiger partial charge in [0.05, 0.1) is 5.69 Å². The van der Waals surface area contributed by atoms with Crippen molar-refractivity contribution in [2.24, 2.45) is 0 Å². The summed E-state index contributed by atoms with van der Waals surface area (Å²) < 4.78 is 28.0. The predicted octanol–water partition coefficient (Wildman–Crippen LogP) is 5.30. The highest BCUT2D eigenvalue weighted by atomic mass is 79.9. The molecule has 0 amide bonds. The van der Waals surface area contributed by atoms with Gasteiger partial charge in [0.15, 0.2) is 5.11 Å². The Labute approximate surface area is 136 Å². The highest BCUT2D eigenvalue weighted by Crippen LogP contribution is 2.29. The van der Waals surface area contributed by atoms with Crippen LogP contribution in [0.4, 0.5) is 20.2 Å². The third-order valence-electron chi connectivity index (χ3n) is 2.33. The topological polar surface area (TPSA) is 24.1 Å². The molecule has 2 rings (SSSR count). The van der Waals surface area contributed by atoms with E-state index in [0.717, 1.165) is 0 Å². The first kappa shape index (κ1) is 15.3. The van der Waals surface area contributed by atoms with Gasteiger partial charge in [-0.2, -0.15) is 0 Å². The van der Waals surface area contributed by atoms with E-state index in [1.165, 1.54) is 18.2 Å². The number of benzene rings is 2. The van der Waals surface area contributed by atoms with E-state index in [1.807, 2.05) is 0 Å². The zero-order valence-electron chi connectivity index (χ0n) is 9.88. The smallest absolute Gasteiger partial charge is 0.175 e. The Balaban J connectivity index is 2.13. The van der Waals surface area contributed by atoms with E-state index in [-0.39, 0.29) is 16.6 Å². The summed E-state index contributed by atoms with van der Waals surface area (Å²) in [5, 5.41) is 5.67. The van der Waals surface area contributed by atoms with Gasteiger partial charge < -0.3 is 10.6 Å². The van der Waals surface area contributed by atoms with Crippen LogP contribution in [-0.4, -0.2) is 5.11 Å². The van der Waals surface area contributed by atoms with E-state index in [9.17, 15) is 8.78 Å². The lowest BCUT2D eigenvalue weighted by molar-refractivity contribution is 0.628. The summed E-state index contributed by atoms with van der Waals surface area (Å²) in [6.07, 6.45) is 0. The minimum Gasteiger partial charge on any atom is -0.332 e. The molecule has 0 spiro atoms. The van der Waals surface area contributed by atoms with Crippen molar-refractivity contribution in [1.29, 1.82) is 0 Å². The molecule has 0 aliphatic carbocycles. The zero-order chi connectivity index (χ0) is 14.7. The van der Waals surface area contributed by atoms with Crippen LogP contribution in [0.1, 0.15) is 0 Å². The molecule has 20 heavy (non-hydrogen) atoms. The average molecular weight is 422 g/mol. The van der Waals surface area contributed by atoms with Gasteiger partial charge in [-0.05, 0) is 58.5 Å². The first-order valence-electron chi connectivity index (χ1n) is 5.44. The number of nitrogens with one attached hydrogen (secondary N) is 2. The Morgan fingerprint density at radius 3 is 2.45 bits per heavy atom. The molecular formula is C13H8Br2F2N2S. The first-order valence-corrected chi connectivity index (χ1v) is 7.43. The van der Waals surface area contributed by atoms with Crippen molar-refractivity contribution in [2.75, 3.05) is 10.6 Å². The summed E-state index contributed by atoms with van der Waals surface area (Å²) in [4.78, 5) is 0. The molecule has 0 atom stereocenters. The van der Waals surface area contributed by atoms with E-state index in [0.29, 0.717) is 14.6 Å². The molecule has 0 aliphatic heterocycles. The third-order valence-corrected chi connectivity index (χ3v) is 3.62.